The van der Waals surface area contributed by atoms with Gasteiger partial charge in [0.15, 0.2) is 0 Å². The SMILES string of the molecule is CN1CCN([C@@H]2C[C@@H]3CN(Cc4ccc5occc5c4)C[C@@H]3C[C@H]2O)CC1. The fourth-order valence-corrected chi connectivity index (χ4v) is 5.55. The normalized spacial score (nSPS) is 33.6. The third kappa shape index (κ3) is 3.54. The molecule has 5 heteroatoms. The summed E-state index contributed by atoms with van der Waals surface area (Å²) in [4.78, 5) is 7.54. The molecule has 4 atom stereocenters. The number of piperazine rings is 1. The lowest BCUT2D eigenvalue weighted by Gasteiger charge is -2.44. The van der Waals surface area contributed by atoms with Gasteiger partial charge in [-0.3, -0.25) is 9.80 Å². The first kappa shape index (κ1) is 17.7. The van der Waals surface area contributed by atoms with Gasteiger partial charge >= 0.3 is 0 Å². The Balaban J connectivity index is 1.23. The van der Waals surface area contributed by atoms with Crippen LogP contribution < -0.4 is 0 Å². The topological polar surface area (TPSA) is 43.1 Å². The molecule has 1 saturated carbocycles. The van der Waals surface area contributed by atoms with Crippen molar-refractivity contribution >= 4 is 11.0 Å². The fourth-order valence-electron chi connectivity index (χ4n) is 5.55. The molecule has 3 heterocycles. The van der Waals surface area contributed by atoms with Crippen LogP contribution in [0.3, 0.4) is 0 Å². The highest BCUT2D eigenvalue weighted by Gasteiger charge is 2.43. The lowest BCUT2D eigenvalue weighted by molar-refractivity contribution is -0.0249. The van der Waals surface area contributed by atoms with E-state index < -0.39 is 0 Å². The minimum Gasteiger partial charge on any atom is -0.464 e. The van der Waals surface area contributed by atoms with Gasteiger partial charge in [-0.1, -0.05) is 6.07 Å². The molecule has 1 aliphatic carbocycles. The van der Waals surface area contributed by atoms with Crippen LogP contribution in [0, 0.1) is 11.8 Å². The van der Waals surface area contributed by atoms with Crippen LogP contribution in [0.15, 0.2) is 34.9 Å². The van der Waals surface area contributed by atoms with Gasteiger partial charge < -0.3 is 14.4 Å². The third-order valence-corrected chi connectivity index (χ3v) is 7.11. The summed E-state index contributed by atoms with van der Waals surface area (Å²) < 4.78 is 5.46. The standard InChI is InChI=1S/C22H31N3O2/c1-23-5-7-25(8-6-23)20-11-18-14-24(15-19(18)12-21(20)26)13-16-2-3-22-17(10-16)4-9-27-22/h2-4,9-10,18-21,26H,5-8,11-15H2,1H3/t18-,19+,20-,21-/m1/s1. The second kappa shape index (κ2) is 7.21. The number of hydrogen-bond donors (Lipinski definition) is 1. The first-order chi connectivity index (χ1) is 13.2. The maximum Gasteiger partial charge on any atom is 0.133 e. The number of hydrogen-bond acceptors (Lipinski definition) is 5. The molecule has 0 bridgehead atoms. The predicted octanol–water partition coefficient (Wildman–Crippen LogP) is 2.25. The van der Waals surface area contributed by atoms with E-state index in [1.807, 2.05) is 6.07 Å². The summed E-state index contributed by atoms with van der Waals surface area (Å²) >= 11 is 0. The highest BCUT2D eigenvalue weighted by atomic mass is 16.3. The summed E-state index contributed by atoms with van der Waals surface area (Å²) in [5.41, 5.74) is 2.32. The summed E-state index contributed by atoms with van der Waals surface area (Å²) in [6.45, 7) is 7.75. The highest BCUT2D eigenvalue weighted by Crippen LogP contribution is 2.39. The number of rotatable bonds is 3. The van der Waals surface area contributed by atoms with Crippen LogP contribution >= 0.6 is 0 Å². The molecule has 1 aromatic heterocycles. The summed E-state index contributed by atoms with van der Waals surface area (Å²) in [6, 6.07) is 8.93. The van der Waals surface area contributed by atoms with Gasteiger partial charge in [-0.05, 0) is 55.5 Å². The van der Waals surface area contributed by atoms with Crippen LogP contribution in [-0.4, -0.2) is 78.3 Å². The van der Waals surface area contributed by atoms with Crippen molar-refractivity contribution in [2.75, 3.05) is 46.3 Å². The maximum absolute atomic E-state index is 10.8. The molecule has 146 valence electrons. The van der Waals surface area contributed by atoms with E-state index in [4.69, 9.17) is 4.42 Å². The second-order valence-corrected chi connectivity index (χ2v) is 8.95. The van der Waals surface area contributed by atoms with Crippen molar-refractivity contribution in [1.82, 2.24) is 14.7 Å². The lowest BCUT2D eigenvalue weighted by atomic mass is 9.77. The summed E-state index contributed by atoms with van der Waals surface area (Å²) in [5, 5.41) is 12.0. The van der Waals surface area contributed by atoms with Crippen molar-refractivity contribution in [2.45, 2.75) is 31.5 Å². The Hall–Kier alpha value is -1.40. The molecule has 3 aliphatic rings. The van der Waals surface area contributed by atoms with E-state index in [1.165, 1.54) is 17.5 Å². The number of benzene rings is 1. The monoisotopic (exact) mass is 369 g/mol. The van der Waals surface area contributed by atoms with Crippen molar-refractivity contribution in [3.8, 4) is 0 Å². The predicted molar refractivity (Wildman–Crippen MR) is 107 cm³/mol. The molecule has 2 aliphatic heterocycles. The number of nitrogens with zero attached hydrogens (tertiary/aromatic N) is 3. The maximum atomic E-state index is 10.8. The quantitative estimate of drug-likeness (QED) is 0.899. The molecule has 2 saturated heterocycles. The Morgan fingerprint density at radius 2 is 1.81 bits per heavy atom. The van der Waals surface area contributed by atoms with E-state index >= 15 is 0 Å². The fraction of sp³-hybridized carbons (Fsp3) is 0.636. The second-order valence-electron chi connectivity index (χ2n) is 8.95. The molecular formula is C22H31N3O2. The largest absolute Gasteiger partial charge is 0.464 e. The number of furan rings is 1. The number of likely N-dealkylation sites (tertiary alicyclic amines) is 1. The molecule has 5 nitrogen and oxygen atoms in total. The molecule has 27 heavy (non-hydrogen) atoms. The molecule has 1 N–H and O–H groups in total. The molecule has 5 rings (SSSR count). The van der Waals surface area contributed by atoms with Gasteiger partial charge in [0.25, 0.3) is 0 Å². The van der Waals surface area contributed by atoms with Crippen molar-refractivity contribution in [2.24, 2.45) is 11.8 Å². The van der Waals surface area contributed by atoms with Gasteiger partial charge in [-0.2, -0.15) is 0 Å². The average Bonchev–Trinajstić information content (AvgIpc) is 3.27. The molecular weight excluding hydrogens is 338 g/mol. The van der Waals surface area contributed by atoms with E-state index in [-0.39, 0.29) is 6.10 Å². The molecule has 0 amide bonds. The van der Waals surface area contributed by atoms with Crippen molar-refractivity contribution in [3.05, 3.63) is 36.1 Å². The van der Waals surface area contributed by atoms with Crippen molar-refractivity contribution in [1.29, 1.82) is 0 Å². The van der Waals surface area contributed by atoms with E-state index in [1.54, 1.807) is 6.26 Å². The Morgan fingerprint density at radius 3 is 2.63 bits per heavy atom. The van der Waals surface area contributed by atoms with Crippen LogP contribution in [0.5, 0.6) is 0 Å². The van der Waals surface area contributed by atoms with E-state index in [0.29, 0.717) is 12.0 Å². The average molecular weight is 370 g/mol. The first-order valence-electron chi connectivity index (χ1n) is 10.4. The molecule has 3 fully saturated rings. The number of aliphatic hydroxyl groups is 1. The number of likely N-dealkylation sites (N-methyl/N-ethyl adjacent to an activating group) is 1. The Bertz CT molecular complexity index is 783. The van der Waals surface area contributed by atoms with Gasteiger partial charge in [0, 0.05) is 57.2 Å². The van der Waals surface area contributed by atoms with Gasteiger partial charge in [-0.25, -0.2) is 0 Å². The van der Waals surface area contributed by atoms with E-state index in [0.717, 1.165) is 63.6 Å². The van der Waals surface area contributed by atoms with Gasteiger partial charge in [0.1, 0.15) is 5.58 Å². The summed E-state index contributed by atoms with van der Waals surface area (Å²) in [5.74, 6) is 1.39. The van der Waals surface area contributed by atoms with Crippen molar-refractivity contribution in [3.63, 3.8) is 0 Å². The Kier molecular flexibility index (Phi) is 4.72. The number of aliphatic hydroxyl groups excluding tert-OH is 1. The van der Waals surface area contributed by atoms with E-state index in [2.05, 4.69) is 39.9 Å². The number of fused-ring (bicyclic) bond motifs is 2. The van der Waals surface area contributed by atoms with Gasteiger partial charge in [0.2, 0.25) is 0 Å². The van der Waals surface area contributed by atoms with Gasteiger partial charge in [0.05, 0.1) is 12.4 Å². The minimum atomic E-state index is -0.156. The zero-order valence-electron chi connectivity index (χ0n) is 16.3. The lowest BCUT2D eigenvalue weighted by Crippen LogP contribution is -2.55. The zero-order valence-corrected chi connectivity index (χ0v) is 16.3. The molecule has 0 radical (unpaired) electrons. The molecule has 0 unspecified atom stereocenters. The third-order valence-electron chi connectivity index (χ3n) is 7.11. The summed E-state index contributed by atoms with van der Waals surface area (Å²) in [7, 11) is 2.19. The van der Waals surface area contributed by atoms with E-state index in [9.17, 15) is 5.11 Å². The smallest absolute Gasteiger partial charge is 0.133 e. The van der Waals surface area contributed by atoms with Crippen LogP contribution in [0.25, 0.3) is 11.0 Å². The van der Waals surface area contributed by atoms with Gasteiger partial charge in [-0.15, -0.1) is 0 Å². The van der Waals surface area contributed by atoms with Crippen LogP contribution in [0.1, 0.15) is 18.4 Å². The van der Waals surface area contributed by atoms with Crippen molar-refractivity contribution < 1.29 is 9.52 Å². The molecule has 0 spiro atoms. The van der Waals surface area contributed by atoms with Crippen LogP contribution in [0.2, 0.25) is 0 Å². The summed E-state index contributed by atoms with van der Waals surface area (Å²) in [6.07, 6.45) is 3.74. The first-order valence-corrected chi connectivity index (χ1v) is 10.4. The van der Waals surface area contributed by atoms with Crippen LogP contribution in [-0.2, 0) is 6.54 Å². The molecule has 1 aromatic carbocycles. The highest BCUT2D eigenvalue weighted by molar-refractivity contribution is 5.77. The Morgan fingerprint density at radius 1 is 1.04 bits per heavy atom. The van der Waals surface area contributed by atoms with Crippen LogP contribution in [0.4, 0.5) is 0 Å². The minimum absolute atomic E-state index is 0.156. The molecule has 2 aromatic rings. The zero-order chi connectivity index (χ0) is 18.4. The Labute approximate surface area is 161 Å².